The van der Waals surface area contributed by atoms with Crippen LogP contribution in [0, 0.1) is 11.3 Å². The van der Waals surface area contributed by atoms with Crippen molar-refractivity contribution in [1.82, 2.24) is 4.98 Å². The third-order valence-corrected chi connectivity index (χ3v) is 14.5. The molecule has 0 aliphatic carbocycles. The molecule has 68 heavy (non-hydrogen) atoms. The summed E-state index contributed by atoms with van der Waals surface area (Å²) in [7, 11) is 0. The highest BCUT2D eigenvalue weighted by atomic mass is 16.5. The summed E-state index contributed by atoms with van der Waals surface area (Å²) in [6.07, 6.45) is 1.91. The highest BCUT2D eigenvalue weighted by Gasteiger charge is 2.52. The molecule has 318 valence electrons. The van der Waals surface area contributed by atoms with E-state index in [0.717, 1.165) is 113 Å². The van der Waals surface area contributed by atoms with E-state index in [2.05, 4.69) is 210 Å². The van der Waals surface area contributed by atoms with Gasteiger partial charge in [0.25, 0.3) is 0 Å². The fourth-order valence-electron chi connectivity index (χ4n) is 11.9. The number of rotatable bonds is 3. The summed E-state index contributed by atoms with van der Waals surface area (Å²) in [6.45, 7) is 0. The van der Waals surface area contributed by atoms with Gasteiger partial charge in [-0.3, -0.25) is 4.90 Å². The van der Waals surface area contributed by atoms with E-state index in [-0.39, 0.29) is 0 Å². The van der Waals surface area contributed by atoms with Crippen LogP contribution < -0.4 is 19.3 Å². The fourth-order valence-corrected chi connectivity index (χ4v) is 11.9. The van der Waals surface area contributed by atoms with E-state index >= 15 is 0 Å². The molecule has 10 aromatic rings. The van der Waals surface area contributed by atoms with Crippen LogP contribution in [-0.2, 0) is 10.8 Å². The summed E-state index contributed by atoms with van der Waals surface area (Å²) >= 11 is 0. The Hall–Kier alpha value is -9.18. The van der Waals surface area contributed by atoms with Crippen LogP contribution in [0.3, 0.4) is 0 Å². The Balaban J connectivity index is 0.910. The van der Waals surface area contributed by atoms with E-state index < -0.39 is 10.8 Å². The van der Waals surface area contributed by atoms with Crippen LogP contribution in [-0.4, -0.2) is 4.98 Å². The summed E-state index contributed by atoms with van der Waals surface area (Å²) in [5.41, 5.74) is 15.0. The lowest BCUT2D eigenvalue weighted by atomic mass is 9.61. The topological polar surface area (TPSA) is 61.6 Å². The zero-order valence-electron chi connectivity index (χ0n) is 36.5. The maximum atomic E-state index is 10.7. The van der Waals surface area contributed by atoms with Crippen LogP contribution in [0.15, 0.2) is 231 Å². The number of ether oxygens (including phenoxy) is 2. The maximum absolute atomic E-state index is 10.7. The molecule has 5 heterocycles. The Bertz CT molecular complexity index is 3570. The Morgan fingerprint density at radius 3 is 1.13 bits per heavy atom. The number of pyridine rings is 1. The quantitative estimate of drug-likeness (QED) is 0.176. The molecule has 0 saturated heterocycles. The Morgan fingerprint density at radius 1 is 0.382 bits per heavy atom. The van der Waals surface area contributed by atoms with Gasteiger partial charge in [-0.25, -0.2) is 4.98 Å². The highest BCUT2D eigenvalue weighted by molar-refractivity contribution is 5.93. The number of hydrogen-bond donors (Lipinski definition) is 0. The second kappa shape index (κ2) is 14.4. The lowest BCUT2D eigenvalue weighted by Crippen LogP contribution is -2.39. The number of nitriles is 1. The Morgan fingerprint density at radius 2 is 0.750 bits per heavy atom. The zero-order valence-corrected chi connectivity index (χ0v) is 36.5. The predicted octanol–water partition coefficient (Wildman–Crippen LogP) is 15.2. The molecule has 0 fully saturated rings. The molecule has 2 spiro atoms. The van der Waals surface area contributed by atoms with Gasteiger partial charge in [-0.05, 0) is 101 Å². The molecule has 4 aliphatic rings. The third kappa shape index (κ3) is 5.02. The van der Waals surface area contributed by atoms with Gasteiger partial charge >= 0.3 is 0 Å². The van der Waals surface area contributed by atoms with Gasteiger partial charge in [0.05, 0.1) is 45.2 Å². The summed E-state index contributed by atoms with van der Waals surface area (Å²) < 4.78 is 13.2. The van der Waals surface area contributed by atoms with Crippen molar-refractivity contribution >= 4 is 34.3 Å². The molecule has 1 aromatic heterocycles. The molecule has 4 aliphatic heterocycles. The van der Waals surface area contributed by atoms with E-state index in [0.29, 0.717) is 5.56 Å². The monoisotopic (exact) mass is 870 g/mol. The van der Waals surface area contributed by atoms with E-state index in [1.165, 1.54) is 0 Å². The fraction of sp³-hybridized carbons (Fsp3) is 0.0323. The molecule has 9 aromatic carbocycles. The Kier molecular flexibility index (Phi) is 8.08. The third-order valence-electron chi connectivity index (χ3n) is 14.5. The van der Waals surface area contributed by atoms with Crippen molar-refractivity contribution in [2.45, 2.75) is 10.8 Å². The van der Waals surface area contributed by atoms with E-state index in [1.54, 1.807) is 0 Å². The lowest BCUT2D eigenvalue weighted by molar-refractivity contribution is 0.433. The molecule has 6 nitrogen and oxygen atoms in total. The van der Waals surface area contributed by atoms with Crippen LogP contribution in [0.2, 0.25) is 0 Å². The van der Waals surface area contributed by atoms with Gasteiger partial charge in [-0.2, -0.15) is 5.26 Å². The zero-order chi connectivity index (χ0) is 45.0. The van der Waals surface area contributed by atoms with Crippen LogP contribution in [0.25, 0.3) is 11.1 Å². The van der Waals surface area contributed by atoms with Gasteiger partial charge < -0.3 is 14.4 Å². The van der Waals surface area contributed by atoms with Gasteiger partial charge in [0.1, 0.15) is 28.8 Å². The minimum atomic E-state index is -0.646. The number of hydrogen-bond acceptors (Lipinski definition) is 6. The normalized spacial score (nSPS) is 14.6. The van der Waals surface area contributed by atoms with Crippen LogP contribution in [0.4, 0.5) is 34.3 Å². The molecule has 0 saturated carbocycles. The summed E-state index contributed by atoms with van der Waals surface area (Å²) in [4.78, 5) is 9.86. The second-order valence-electron chi connectivity index (χ2n) is 17.7. The van der Waals surface area contributed by atoms with Gasteiger partial charge in [-0.1, -0.05) is 146 Å². The molecule has 0 amide bonds. The van der Waals surface area contributed by atoms with Gasteiger partial charge in [0.2, 0.25) is 0 Å². The second-order valence-corrected chi connectivity index (χ2v) is 17.7. The number of fused-ring (bicyclic) bond motifs is 16. The molecule has 6 heteroatoms. The number of para-hydroxylation sites is 8. The molecule has 0 atom stereocenters. The van der Waals surface area contributed by atoms with Gasteiger partial charge in [-0.15, -0.1) is 0 Å². The van der Waals surface area contributed by atoms with Crippen molar-refractivity contribution in [3.8, 4) is 40.2 Å². The minimum absolute atomic E-state index is 0.568. The van der Waals surface area contributed by atoms with Crippen molar-refractivity contribution < 1.29 is 9.47 Å². The van der Waals surface area contributed by atoms with E-state index in [4.69, 9.17) is 14.5 Å². The smallest absolute Gasteiger partial charge is 0.137 e. The minimum Gasteiger partial charge on any atom is -0.457 e. The molecule has 0 radical (unpaired) electrons. The molecule has 14 rings (SSSR count). The van der Waals surface area contributed by atoms with Crippen molar-refractivity contribution in [2.24, 2.45) is 0 Å². The van der Waals surface area contributed by atoms with Crippen LogP contribution in [0.1, 0.15) is 50.1 Å². The maximum Gasteiger partial charge on any atom is 0.137 e. The molecular formula is C62H38N4O2. The van der Waals surface area contributed by atoms with E-state index in [9.17, 15) is 5.26 Å². The molecule has 0 unspecified atom stereocenters. The van der Waals surface area contributed by atoms with Crippen molar-refractivity contribution in [3.05, 3.63) is 281 Å². The molecular weight excluding hydrogens is 833 g/mol. The first kappa shape index (κ1) is 38.1. The largest absolute Gasteiger partial charge is 0.457 e. The van der Waals surface area contributed by atoms with Gasteiger partial charge in [0, 0.05) is 45.3 Å². The first-order chi connectivity index (χ1) is 33.7. The first-order valence-corrected chi connectivity index (χ1v) is 22.9. The summed E-state index contributed by atoms with van der Waals surface area (Å²) in [5, 5.41) is 10.7. The molecule has 0 bridgehead atoms. The average molecular weight is 871 g/mol. The van der Waals surface area contributed by atoms with Crippen molar-refractivity contribution in [2.75, 3.05) is 9.80 Å². The van der Waals surface area contributed by atoms with Crippen LogP contribution >= 0.6 is 0 Å². The van der Waals surface area contributed by atoms with E-state index in [1.807, 2.05) is 36.5 Å². The number of anilines is 6. The van der Waals surface area contributed by atoms with Crippen molar-refractivity contribution in [3.63, 3.8) is 0 Å². The Labute approximate surface area is 393 Å². The van der Waals surface area contributed by atoms with Crippen LogP contribution in [0.5, 0.6) is 23.0 Å². The lowest BCUT2D eigenvalue weighted by Gasteiger charge is -2.48. The standard InChI is InChI=1S/C62H38N4O2/c63-38-40-33-35-42(65-52-25-9-1-17-44(52)61(45-18-2-10-26-53(45)65)48-21-5-13-29-56(48)67-57-30-14-6-22-49(57)61)37-43(40)41-34-36-60(64-39-41)66-54-27-11-3-19-46(54)62(47-20-4-12-28-55(47)66)50-23-7-15-31-58(50)68-59-32-16-8-24-51(59)62/h1-37,39H. The summed E-state index contributed by atoms with van der Waals surface area (Å²) in [5.74, 6) is 4.15. The number of benzene rings is 9. The first-order valence-electron chi connectivity index (χ1n) is 22.9. The number of aromatic nitrogens is 1. The molecule has 0 N–H and O–H groups in total. The average Bonchev–Trinajstić information content (AvgIpc) is 3.41. The predicted molar refractivity (Wildman–Crippen MR) is 268 cm³/mol. The van der Waals surface area contributed by atoms with Crippen molar-refractivity contribution in [1.29, 1.82) is 5.26 Å². The SMILES string of the molecule is N#Cc1ccc(N2c3ccccc3C3(c4ccccc4Oc4ccccc43)c3ccccc32)cc1-c1ccc(N2c3ccccc3C3(c4ccccc4Oc4ccccc43)c3ccccc32)nc1. The summed E-state index contributed by atoms with van der Waals surface area (Å²) in [6, 6.07) is 81.2. The van der Waals surface area contributed by atoms with Gasteiger partial charge in [0.15, 0.2) is 0 Å². The highest BCUT2D eigenvalue weighted by Crippen LogP contribution is 2.64. The number of nitrogens with zero attached hydrogens (tertiary/aromatic N) is 4.